The van der Waals surface area contributed by atoms with Crippen LogP contribution in [-0.2, 0) is 99.8 Å². The lowest BCUT2D eigenvalue weighted by molar-refractivity contribution is -0.153. The fraction of sp³-hybridized carbons (Fsp3) is 0.475. The first-order chi connectivity index (χ1) is 50.5. The summed E-state index contributed by atoms with van der Waals surface area (Å²) >= 11 is 0. The van der Waals surface area contributed by atoms with Crippen molar-refractivity contribution in [2.24, 2.45) is 11.8 Å². The molecule has 5 amide bonds. The molecule has 5 aromatic carbocycles. The van der Waals surface area contributed by atoms with Crippen LogP contribution >= 0.6 is 0 Å². The number of rotatable bonds is 14. The van der Waals surface area contributed by atoms with E-state index in [0.29, 0.717) is 129 Å². The highest BCUT2D eigenvalue weighted by Crippen LogP contribution is 2.21. The molecule has 5 aliphatic rings. The van der Waals surface area contributed by atoms with Gasteiger partial charge in [-0.2, -0.15) is 0 Å². The largest absolute Gasteiger partial charge is 0.465 e. The van der Waals surface area contributed by atoms with Crippen molar-refractivity contribution in [2.75, 3.05) is 78.7 Å². The quantitative estimate of drug-likeness (QED) is 0.0567. The minimum Gasteiger partial charge on any atom is -0.465 e. The highest BCUT2D eigenvalue weighted by molar-refractivity contribution is 6.00. The minimum absolute atomic E-state index is 0.106. The monoisotopic (exact) mass is 1440 g/mol. The van der Waals surface area contributed by atoms with Gasteiger partial charge >= 0.3 is 42.4 Å². The molecule has 0 N–H and O–H groups in total. The SMILES string of the molecule is CCOC(=O)C1CCCN(C(=O)OCc2ccccc2)CCC1=O.CCOC(=O)C1CCN(C(=O)OCc2ccccc2)CCCC1=O.O=C1CCCCN(C(=O)OCc2ccccc2)CC1.O=C1CCCN(C(=O)OCc2ccccc2)CC1.O=C1CCCN(C(=O)OCc2ccccc2)CCC1. The summed E-state index contributed by atoms with van der Waals surface area (Å²) in [6.07, 6.45) is 7.59. The topological polar surface area (TPSA) is 286 Å². The van der Waals surface area contributed by atoms with Gasteiger partial charge in [0, 0.05) is 117 Å². The lowest BCUT2D eigenvalue weighted by Crippen LogP contribution is -2.39. The van der Waals surface area contributed by atoms with Crippen LogP contribution in [0.3, 0.4) is 0 Å². The smallest absolute Gasteiger partial charge is 0.410 e. The first-order valence-corrected chi connectivity index (χ1v) is 36.2. The number of ether oxygens (including phenoxy) is 7. The van der Waals surface area contributed by atoms with Crippen molar-refractivity contribution in [1.29, 1.82) is 0 Å². The van der Waals surface area contributed by atoms with Crippen LogP contribution in [-0.4, -0.2) is 174 Å². The number of carbonyl (C=O) groups excluding carboxylic acids is 12. The molecular weight excluding hydrogens is 1330 g/mol. The molecule has 0 aromatic heterocycles. The molecule has 24 heteroatoms. The summed E-state index contributed by atoms with van der Waals surface area (Å²) in [6.45, 7) is 10.2. The molecule has 0 spiro atoms. The van der Waals surface area contributed by atoms with Crippen LogP contribution in [0.2, 0.25) is 0 Å². The number of likely N-dealkylation sites (tertiary alicyclic amines) is 5. The molecule has 10 rings (SSSR count). The van der Waals surface area contributed by atoms with Gasteiger partial charge in [0.05, 0.1) is 13.2 Å². The summed E-state index contributed by atoms with van der Waals surface area (Å²) in [5.41, 5.74) is 4.75. The fourth-order valence-corrected chi connectivity index (χ4v) is 11.6. The molecule has 5 aliphatic heterocycles. The van der Waals surface area contributed by atoms with E-state index in [2.05, 4.69) is 0 Å². The van der Waals surface area contributed by atoms with Crippen molar-refractivity contribution in [3.05, 3.63) is 179 Å². The third-order valence-electron chi connectivity index (χ3n) is 17.4. The molecule has 0 aliphatic carbocycles. The second-order valence-electron chi connectivity index (χ2n) is 25.3. The third-order valence-corrected chi connectivity index (χ3v) is 17.4. The van der Waals surface area contributed by atoms with E-state index in [9.17, 15) is 57.5 Å². The summed E-state index contributed by atoms with van der Waals surface area (Å²) < 4.78 is 36.3. The van der Waals surface area contributed by atoms with Crippen LogP contribution in [0.15, 0.2) is 152 Å². The van der Waals surface area contributed by atoms with E-state index in [0.717, 1.165) is 59.9 Å². The highest BCUT2D eigenvalue weighted by Gasteiger charge is 2.33. The van der Waals surface area contributed by atoms with Crippen molar-refractivity contribution < 1.29 is 90.7 Å². The predicted octanol–water partition coefficient (Wildman–Crippen LogP) is 13.0. The van der Waals surface area contributed by atoms with Crippen LogP contribution in [0, 0.1) is 11.8 Å². The van der Waals surface area contributed by atoms with Gasteiger partial charge in [-0.3, -0.25) is 33.6 Å². The molecule has 0 saturated carbocycles. The highest BCUT2D eigenvalue weighted by atomic mass is 16.6. The zero-order chi connectivity index (χ0) is 74.5. The van der Waals surface area contributed by atoms with E-state index in [4.69, 9.17) is 33.2 Å². The van der Waals surface area contributed by atoms with E-state index in [1.54, 1.807) is 33.4 Å². The van der Waals surface area contributed by atoms with Crippen molar-refractivity contribution >= 4 is 71.3 Å². The zero-order valence-corrected chi connectivity index (χ0v) is 60.1. The van der Waals surface area contributed by atoms with Crippen LogP contribution < -0.4 is 0 Å². The number of carbonyl (C=O) groups is 12. The van der Waals surface area contributed by atoms with Gasteiger partial charge in [0.25, 0.3) is 0 Å². The molecule has 5 aromatic rings. The molecule has 5 saturated heterocycles. The van der Waals surface area contributed by atoms with Gasteiger partial charge in [0.2, 0.25) is 0 Å². The van der Waals surface area contributed by atoms with Crippen molar-refractivity contribution in [2.45, 2.75) is 156 Å². The Hall–Kier alpha value is -10.3. The Labute approximate surface area is 609 Å². The molecule has 5 heterocycles. The van der Waals surface area contributed by atoms with Gasteiger partial charge in [0.15, 0.2) is 0 Å². The van der Waals surface area contributed by atoms with Crippen molar-refractivity contribution in [3.8, 4) is 0 Å². The van der Waals surface area contributed by atoms with E-state index >= 15 is 0 Å². The van der Waals surface area contributed by atoms with Gasteiger partial charge in [-0.15, -0.1) is 0 Å². The second kappa shape index (κ2) is 47.8. The van der Waals surface area contributed by atoms with E-state index in [-0.39, 0.29) is 107 Å². The average molecular weight is 1440 g/mol. The minimum atomic E-state index is -0.783. The molecule has 0 radical (unpaired) electrons. The lowest BCUT2D eigenvalue weighted by atomic mass is 9.94. The average Bonchev–Trinajstić information content (AvgIpc) is 0.947. The molecule has 2 unspecified atom stereocenters. The summed E-state index contributed by atoms with van der Waals surface area (Å²) in [5.74, 6) is -1.95. The summed E-state index contributed by atoms with van der Waals surface area (Å²) in [5, 5.41) is 0. The Morgan fingerprint density at radius 1 is 0.279 bits per heavy atom. The van der Waals surface area contributed by atoms with E-state index < -0.39 is 36.0 Å². The van der Waals surface area contributed by atoms with Gasteiger partial charge in [-0.1, -0.05) is 152 Å². The Morgan fingerprint density at radius 2 is 0.538 bits per heavy atom. The summed E-state index contributed by atoms with van der Waals surface area (Å²) in [6, 6.07) is 47.7. The number of nitrogens with zero attached hydrogens (tertiary/aromatic N) is 5. The van der Waals surface area contributed by atoms with Crippen LogP contribution in [0.25, 0.3) is 0 Å². The van der Waals surface area contributed by atoms with E-state index in [1.165, 1.54) is 4.90 Å². The second-order valence-corrected chi connectivity index (χ2v) is 25.3. The molecule has 5 fully saturated rings. The maximum atomic E-state index is 12.2. The predicted molar refractivity (Wildman–Crippen MR) is 385 cm³/mol. The maximum absolute atomic E-state index is 12.2. The first kappa shape index (κ1) is 82.7. The van der Waals surface area contributed by atoms with Crippen LogP contribution in [0.1, 0.15) is 151 Å². The Morgan fingerprint density at radius 3 is 0.885 bits per heavy atom. The standard InChI is InChI=1S/2C18H23NO5.2C15H19NO3.C14H17NO3/c1-2-23-17(21)15-10-12-19(11-6-9-16(15)20)18(22)24-13-14-7-4-3-5-8-14;1-2-23-17(21)15-9-6-11-19(12-10-16(15)20)18(22)24-13-14-7-4-3-5-8-14;17-14-8-4-10-16(11-5-9-14)15(18)19-12-13-6-2-1-3-7-13;17-14-8-4-5-10-16(11-9-14)15(18)19-12-13-6-2-1-3-7-13;16-13-7-4-9-15(10-8-13)14(17)18-11-12-5-2-1-3-6-12/h2*3-5,7-8,15H,2,6,9-13H2,1H3;2*1-3,6-7H,4-5,8-12H2;1-3,5-6H,4,7-11H2. The van der Waals surface area contributed by atoms with Crippen LogP contribution in [0.4, 0.5) is 24.0 Å². The summed E-state index contributed by atoms with van der Waals surface area (Å²) in [7, 11) is 0. The number of Topliss-reactive ketones (excluding diaryl/α,β-unsaturated/α-hetero) is 5. The number of esters is 2. The number of hydrogen-bond acceptors (Lipinski definition) is 19. The van der Waals surface area contributed by atoms with Gasteiger partial charge < -0.3 is 57.7 Å². The number of amides is 5. The third kappa shape index (κ3) is 32.0. The van der Waals surface area contributed by atoms with Gasteiger partial charge in [-0.05, 0) is 99.5 Å². The lowest BCUT2D eigenvalue weighted by Gasteiger charge is -2.26. The molecule has 2 atom stereocenters. The van der Waals surface area contributed by atoms with Crippen LogP contribution in [0.5, 0.6) is 0 Å². The normalized spacial score (nSPS) is 17.4. The number of benzene rings is 5. The fourth-order valence-electron chi connectivity index (χ4n) is 11.6. The number of hydrogen-bond donors (Lipinski definition) is 0. The van der Waals surface area contributed by atoms with Crippen molar-refractivity contribution in [3.63, 3.8) is 0 Å². The Balaban J connectivity index is 0.000000205. The molecule has 560 valence electrons. The Bertz CT molecular complexity index is 3450. The first-order valence-electron chi connectivity index (χ1n) is 36.2. The molecular formula is C80H101N5O19. The van der Waals surface area contributed by atoms with Gasteiger partial charge in [0.1, 0.15) is 73.8 Å². The Kier molecular flexibility index (Phi) is 38.0. The maximum Gasteiger partial charge on any atom is 0.410 e. The van der Waals surface area contributed by atoms with Crippen molar-refractivity contribution in [1.82, 2.24) is 24.5 Å². The molecule has 24 nitrogen and oxygen atoms in total. The van der Waals surface area contributed by atoms with Gasteiger partial charge in [-0.25, -0.2) is 24.0 Å². The van der Waals surface area contributed by atoms with E-state index in [1.807, 2.05) is 152 Å². The molecule has 0 bridgehead atoms. The summed E-state index contributed by atoms with van der Waals surface area (Å²) in [4.78, 5) is 150. The molecule has 104 heavy (non-hydrogen) atoms. The zero-order valence-electron chi connectivity index (χ0n) is 60.1. The number of ketones is 5.